The highest BCUT2D eigenvalue weighted by Crippen LogP contribution is 2.35. The van der Waals surface area contributed by atoms with E-state index >= 15 is 0 Å². The van der Waals surface area contributed by atoms with Crippen molar-refractivity contribution in [2.45, 2.75) is 32.6 Å². The average Bonchev–Trinajstić information content (AvgIpc) is 2.67. The molecule has 1 aromatic carbocycles. The van der Waals surface area contributed by atoms with Crippen molar-refractivity contribution in [3.63, 3.8) is 0 Å². The molecule has 1 atom stereocenters. The zero-order chi connectivity index (χ0) is 14.4. The monoisotopic (exact) mass is 297 g/mol. The van der Waals surface area contributed by atoms with E-state index in [0.29, 0.717) is 19.1 Å². The largest absolute Gasteiger partial charge is 0.490 e. The van der Waals surface area contributed by atoms with Gasteiger partial charge in [-0.3, -0.25) is 0 Å². The smallest absolute Gasteiger partial charge is 0.162 e. The average molecular weight is 298 g/mol. The Hall–Kier alpha value is -0.930. The topological polar surface area (TPSA) is 30.5 Å². The molecule has 1 N–H and O–H groups in total. The van der Waals surface area contributed by atoms with Gasteiger partial charge in [0.15, 0.2) is 11.5 Å². The fourth-order valence-electron chi connectivity index (χ4n) is 2.35. The second-order valence-electron chi connectivity index (χ2n) is 5.48. The second-order valence-corrected chi connectivity index (χ2v) is 5.88. The van der Waals surface area contributed by atoms with Gasteiger partial charge in [0.25, 0.3) is 0 Å². The molecule has 3 nitrogen and oxygen atoms in total. The van der Waals surface area contributed by atoms with E-state index in [9.17, 15) is 0 Å². The minimum absolute atomic E-state index is 0.689. The van der Waals surface area contributed by atoms with Gasteiger partial charge in [-0.2, -0.15) is 0 Å². The lowest BCUT2D eigenvalue weighted by Gasteiger charge is -2.14. The van der Waals surface area contributed by atoms with E-state index in [4.69, 9.17) is 21.1 Å². The van der Waals surface area contributed by atoms with Crippen LogP contribution < -0.4 is 14.8 Å². The third-order valence-corrected chi connectivity index (χ3v) is 4.06. The van der Waals surface area contributed by atoms with Gasteiger partial charge in [0, 0.05) is 17.5 Å². The van der Waals surface area contributed by atoms with Crippen LogP contribution in [-0.4, -0.2) is 26.8 Å². The van der Waals surface area contributed by atoms with Crippen molar-refractivity contribution in [3.8, 4) is 11.5 Å². The number of hydrogen-bond acceptors (Lipinski definition) is 3. The van der Waals surface area contributed by atoms with Crippen molar-refractivity contribution in [2.75, 3.05) is 26.8 Å². The predicted molar refractivity (Wildman–Crippen MR) is 83.1 cm³/mol. The highest BCUT2D eigenvalue weighted by molar-refractivity contribution is 6.31. The van der Waals surface area contributed by atoms with Crippen molar-refractivity contribution in [2.24, 2.45) is 5.92 Å². The SMILES string of the molecule is CNCCC(C)CCc1cc2c(cc1Cl)OCCCO2. The van der Waals surface area contributed by atoms with Crippen LogP contribution in [0.5, 0.6) is 11.5 Å². The number of hydrogen-bond donors (Lipinski definition) is 1. The summed E-state index contributed by atoms with van der Waals surface area (Å²) in [4.78, 5) is 0. The number of ether oxygens (including phenoxy) is 2. The molecular weight excluding hydrogens is 274 g/mol. The number of nitrogens with one attached hydrogen (secondary N) is 1. The Labute approximate surface area is 126 Å². The molecule has 1 aromatic rings. The van der Waals surface area contributed by atoms with Gasteiger partial charge in [-0.1, -0.05) is 18.5 Å². The molecule has 0 saturated carbocycles. The normalized spacial score (nSPS) is 15.8. The molecule has 0 aromatic heterocycles. The standard InChI is InChI=1S/C16H24ClNO2/c1-12(6-7-18-2)4-5-13-10-15-16(11-14(13)17)20-9-3-8-19-15/h10-12,18H,3-9H2,1-2H3. The van der Waals surface area contributed by atoms with Crippen LogP contribution in [0.1, 0.15) is 31.7 Å². The molecular formula is C16H24ClNO2. The van der Waals surface area contributed by atoms with Gasteiger partial charge in [-0.25, -0.2) is 0 Å². The van der Waals surface area contributed by atoms with Gasteiger partial charge in [0.05, 0.1) is 13.2 Å². The van der Waals surface area contributed by atoms with Gasteiger partial charge in [0.2, 0.25) is 0 Å². The summed E-state index contributed by atoms with van der Waals surface area (Å²) >= 11 is 6.35. The Kier molecular flexibility index (Phi) is 5.99. The van der Waals surface area contributed by atoms with E-state index in [0.717, 1.165) is 47.9 Å². The van der Waals surface area contributed by atoms with Crippen molar-refractivity contribution in [3.05, 3.63) is 22.7 Å². The molecule has 2 rings (SSSR count). The van der Waals surface area contributed by atoms with E-state index in [-0.39, 0.29) is 0 Å². The number of halogens is 1. The van der Waals surface area contributed by atoms with Gasteiger partial charge < -0.3 is 14.8 Å². The number of benzene rings is 1. The van der Waals surface area contributed by atoms with Crippen LogP contribution in [0.25, 0.3) is 0 Å². The van der Waals surface area contributed by atoms with Crippen LogP contribution in [0.2, 0.25) is 5.02 Å². The third-order valence-electron chi connectivity index (χ3n) is 3.71. The first-order valence-corrected chi connectivity index (χ1v) is 7.81. The summed E-state index contributed by atoms with van der Waals surface area (Å²) in [5, 5.41) is 3.98. The van der Waals surface area contributed by atoms with Crippen molar-refractivity contribution < 1.29 is 9.47 Å². The summed E-state index contributed by atoms with van der Waals surface area (Å²) in [6.07, 6.45) is 4.24. The number of fused-ring (bicyclic) bond motifs is 1. The molecule has 112 valence electrons. The summed E-state index contributed by atoms with van der Waals surface area (Å²) in [5.41, 5.74) is 1.16. The first kappa shape index (κ1) is 15.5. The van der Waals surface area contributed by atoms with E-state index in [1.807, 2.05) is 19.2 Å². The highest BCUT2D eigenvalue weighted by Gasteiger charge is 2.14. The summed E-state index contributed by atoms with van der Waals surface area (Å²) in [6.45, 7) is 4.76. The molecule has 1 unspecified atom stereocenters. The number of rotatable bonds is 6. The lowest BCUT2D eigenvalue weighted by molar-refractivity contribution is 0.297. The summed E-state index contributed by atoms with van der Waals surface area (Å²) < 4.78 is 11.4. The maximum Gasteiger partial charge on any atom is 0.162 e. The molecule has 1 aliphatic rings. The molecule has 0 fully saturated rings. The van der Waals surface area contributed by atoms with E-state index < -0.39 is 0 Å². The maximum absolute atomic E-state index is 6.35. The fraction of sp³-hybridized carbons (Fsp3) is 0.625. The molecule has 0 spiro atoms. The Balaban J connectivity index is 1.99. The van der Waals surface area contributed by atoms with Crippen molar-refractivity contribution >= 4 is 11.6 Å². The van der Waals surface area contributed by atoms with Gasteiger partial charge in [-0.15, -0.1) is 0 Å². The minimum atomic E-state index is 0.689. The first-order valence-electron chi connectivity index (χ1n) is 7.43. The van der Waals surface area contributed by atoms with Crippen LogP contribution in [0.15, 0.2) is 12.1 Å². The molecule has 0 aliphatic carbocycles. The van der Waals surface area contributed by atoms with Crippen LogP contribution in [-0.2, 0) is 6.42 Å². The van der Waals surface area contributed by atoms with Crippen molar-refractivity contribution in [1.29, 1.82) is 0 Å². The Morgan fingerprint density at radius 1 is 1.20 bits per heavy atom. The van der Waals surface area contributed by atoms with Gasteiger partial charge in [0.1, 0.15) is 0 Å². The zero-order valence-electron chi connectivity index (χ0n) is 12.4. The molecule has 0 amide bonds. The quantitative estimate of drug-likeness (QED) is 0.869. The second kappa shape index (κ2) is 7.75. The fourth-order valence-corrected chi connectivity index (χ4v) is 2.60. The Morgan fingerprint density at radius 2 is 1.90 bits per heavy atom. The maximum atomic E-state index is 6.35. The third kappa shape index (κ3) is 4.29. The van der Waals surface area contributed by atoms with E-state index in [1.165, 1.54) is 6.42 Å². The number of aryl methyl sites for hydroxylation is 1. The van der Waals surface area contributed by atoms with Crippen LogP contribution in [0.4, 0.5) is 0 Å². The van der Waals surface area contributed by atoms with Gasteiger partial charge >= 0.3 is 0 Å². The predicted octanol–water partition coefficient (Wildman–Crippen LogP) is 3.68. The molecule has 0 saturated heterocycles. The van der Waals surface area contributed by atoms with Crippen LogP contribution in [0, 0.1) is 5.92 Å². The van der Waals surface area contributed by atoms with E-state index in [1.54, 1.807) is 0 Å². The minimum Gasteiger partial charge on any atom is -0.490 e. The summed E-state index contributed by atoms with van der Waals surface area (Å²) in [7, 11) is 1.99. The summed E-state index contributed by atoms with van der Waals surface area (Å²) in [6, 6.07) is 3.95. The van der Waals surface area contributed by atoms with Crippen molar-refractivity contribution in [1.82, 2.24) is 5.32 Å². The molecule has 4 heteroatoms. The van der Waals surface area contributed by atoms with Crippen LogP contribution >= 0.6 is 11.6 Å². The van der Waals surface area contributed by atoms with E-state index in [2.05, 4.69) is 12.2 Å². The lowest BCUT2D eigenvalue weighted by atomic mass is 9.98. The lowest BCUT2D eigenvalue weighted by Crippen LogP contribution is -2.12. The molecule has 20 heavy (non-hydrogen) atoms. The first-order chi connectivity index (χ1) is 9.70. The highest BCUT2D eigenvalue weighted by atomic mass is 35.5. The zero-order valence-corrected chi connectivity index (χ0v) is 13.1. The molecule has 0 bridgehead atoms. The summed E-state index contributed by atoms with van der Waals surface area (Å²) in [5.74, 6) is 2.30. The Morgan fingerprint density at radius 3 is 2.60 bits per heavy atom. The molecule has 1 aliphatic heterocycles. The Bertz CT molecular complexity index is 437. The molecule has 0 radical (unpaired) electrons. The molecule has 1 heterocycles. The van der Waals surface area contributed by atoms with Crippen LogP contribution in [0.3, 0.4) is 0 Å². The van der Waals surface area contributed by atoms with Gasteiger partial charge in [-0.05, 0) is 50.4 Å².